The Morgan fingerprint density at radius 1 is 1.06 bits per heavy atom. The third-order valence-corrected chi connectivity index (χ3v) is 6.08. The van der Waals surface area contributed by atoms with Crippen molar-refractivity contribution in [3.63, 3.8) is 0 Å². The van der Waals surface area contributed by atoms with Gasteiger partial charge < -0.3 is 24.4 Å². The Kier molecular flexibility index (Phi) is 8.72. The van der Waals surface area contributed by atoms with E-state index >= 15 is 0 Å². The van der Waals surface area contributed by atoms with E-state index in [1.54, 1.807) is 34.6 Å². The summed E-state index contributed by atoms with van der Waals surface area (Å²) in [6.45, 7) is 10.9. The zero-order chi connectivity index (χ0) is 25.8. The van der Waals surface area contributed by atoms with Gasteiger partial charge in [-0.05, 0) is 52.7 Å². The van der Waals surface area contributed by atoms with Gasteiger partial charge in [-0.2, -0.15) is 0 Å². The number of carbonyl (C=O) groups excluding carboxylic acids is 1. The van der Waals surface area contributed by atoms with Crippen molar-refractivity contribution in [1.82, 2.24) is 4.90 Å². The molecule has 0 bridgehead atoms. The van der Waals surface area contributed by atoms with E-state index in [9.17, 15) is 15.0 Å². The van der Waals surface area contributed by atoms with Crippen molar-refractivity contribution in [3.8, 4) is 0 Å². The van der Waals surface area contributed by atoms with Crippen LogP contribution in [0.5, 0.6) is 0 Å². The zero-order valence-corrected chi connectivity index (χ0v) is 21.5. The first kappa shape index (κ1) is 27.3. The summed E-state index contributed by atoms with van der Waals surface area (Å²) in [5.41, 5.74) is 1.25. The zero-order valence-electron chi connectivity index (χ0n) is 21.5. The molecule has 1 aliphatic rings. The maximum Gasteiger partial charge on any atom is 0.337 e. The minimum absolute atomic E-state index is 0.204. The Hall–Kier alpha value is -2.29. The maximum absolute atomic E-state index is 13.2. The fourth-order valence-electron chi connectivity index (χ4n) is 4.56. The van der Waals surface area contributed by atoms with E-state index in [1.165, 1.54) is 0 Å². The smallest absolute Gasteiger partial charge is 0.337 e. The molecular formula is C28H39NO6. The van der Waals surface area contributed by atoms with Crippen molar-refractivity contribution in [2.24, 2.45) is 0 Å². The number of ether oxygens (including phenoxy) is 3. The fourth-order valence-corrected chi connectivity index (χ4v) is 4.56. The molecule has 192 valence electrons. The van der Waals surface area contributed by atoms with Gasteiger partial charge in [-0.3, -0.25) is 4.90 Å². The Labute approximate surface area is 208 Å². The van der Waals surface area contributed by atoms with Crippen LogP contribution in [0.4, 0.5) is 0 Å². The van der Waals surface area contributed by atoms with Gasteiger partial charge in [0.2, 0.25) is 0 Å². The lowest BCUT2D eigenvalue weighted by atomic mass is 9.94. The van der Waals surface area contributed by atoms with E-state index < -0.39 is 41.7 Å². The Bertz CT molecular complexity index is 943. The minimum atomic E-state index is -1.54. The summed E-state index contributed by atoms with van der Waals surface area (Å²) in [5.74, 6) is -1.73. The number of benzene rings is 2. The second-order valence-electron chi connectivity index (χ2n) is 10.5. The molecule has 1 fully saturated rings. The lowest BCUT2D eigenvalue weighted by molar-refractivity contribution is -0.181. The largest absolute Gasteiger partial charge is 0.458 e. The van der Waals surface area contributed by atoms with Crippen molar-refractivity contribution >= 4 is 5.97 Å². The van der Waals surface area contributed by atoms with Crippen LogP contribution in [-0.4, -0.2) is 63.4 Å². The number of aliphatic hydroxyl groups is 2. The Morgan fingerprint density at radius 2 is 1.63 bits per heavy atom. The molecule has 35 heavy (non-hydrogen) atoms. The molecule has 2 N–H and O–H groups in total. The van der Waals surface area contributed by atoms with Crippen LogP contribution < -0.4 is 0 Å². The van der Waals surface area contributed by atoms with E-state index in [4.69, 9.17) is 14.2 Å². The van der Waals surface area contributed by atoms with Crippen molar-refractivity contribution in [1.29, 1.82) is 0 Å². The van der Waals surface area contributed by atoms with Crippen LogP contribution >= 0.6 is 0 Å². The van der Waals surface area contributed by atoms with E-state index in [0.29, 0.717) is 6.54 Å². The first-order valence-electron chi connectivity index (χ1n) is 12.1. The Morgan fingerprint density at radius 3 is 2.17 bits per heavy atom. The second kappa shape index (κ2) is 11.2. The lowest BCUT2D eigenvalue weighted by Gasteiger charge is -2.42. The SMILES string of the molecule is C[C@@H](c1ccccc1)N(Cc1ccccc1)[C@@H]([C@@H]1OC(C)(C)O[C@H]1CO)[C@H](O)C(=O)OC(C)(C)C. The van der Waals surface area contributed by atoms with E-state index in [2.05, 4.69) is 0 Å². The molecule has 0 amide bonds. The molecule has 1 heterocycles. The van der Waals surface area contributed by atoms with Gasteiger partial charge in [0.25, 0.3) is 0 Å². The number of hydrogen-bond acceptors (Lipinski definition) is 7. The van der Waals surface area contributed by atoms with Crippen LogP contribution in [0, 0.1) is 0 Å². The molecule has 0 aromatic heterocycles. The summed E-state index contributed by atoms with van der Waals surface area (Å²) in [5, 5.41) is 21.6. The number of aliphatic hydroxyl groups excluding tert-OH is 2. The topological polar surface area (TPSA) is 88.5 Å². The van der Waals surface area contributed by atoms with Crippen LogP contribution in [0.1, 0.15) is 58.7 Å². The monoisotopic (exact) mass is 485 g/mol. The molecular weight excluding hydrogens is 446 g/mol. The van der Waals surface area contributed by atoms with Crippen molar-refractivity contribution in [3.05, 3.63) is 71.8 Å². The van der Waals surface area contributed by atoms with Crippen LogP contribution in [-0.2, 0) is 25.5 Å². The number of esters is 1. The summed E-state index contributed by atoms with van der Waals surface area (Å²) < 4.78 is 17.7. The lowest BCUT2D eigenvalue weighted by Crippen LogP contribution is -2.58. The predicted octanol–water partition coefficient (Wildman–Crippen LogP) is 3.83. The van der Waals surface area contributed by atoms with E-state index in [1.807, 2.05) is 72.5 Å². The van der Waals surface area contributed by atoms with Gasteiger partial charge in [0.15, 0.2) is 11.9 Å². The average molecular weight is 486 g/mol. The highest BCUT2D eigenvalue weighted by Gasteiger charge is 2.51. The minimum Gasteiger partial charge on any atom is -0.458 e. The summed E-state index contributed by atoms with van der Waals surface area (Å²) in [7, 11) is 0. The Balaban J connectivity index is 2.09. The molecule has 0 spiro atoms. The molecule has 0 unspecified atom stereocenters. The fraction of sp³-hybridized carbons (Fsp3) is 0.536. The number of nitrogens with zero attached hydrogens (tertiary/aromatic N) is 1. The van der Waals surface area contributed by atoms with Crippen LogP contribution in [0.2, 0.25) is 0 Å². The van der Waals surface area contributed by atoms with Gasteiger partial charge in [-0.15, -0.1) is 0 Å². The standard InChI is InChI=1S/C28H39NO6/c1-19(21-15-11-8-12-16-21)29(17-20-13-9-7-10-14-20)23(24(31)26(32)35-27(2,3)4)25-22(18-30)33-28(5,6)34-25/h7-16,19,22-25,30-31H,17-18H2,1-6H3/t19-,22-,23+,24-,25+/m0/s1. The predicted molar refractivity (Wildman–Crippen MR) is 133 cm³/mol. The average Bonchev–Trinajstić information content (AvgIpc) is 3.12. The molecule has 3 rings (SSSR count). The summed E-state index contributed by atoms with van der Waals surface area (Å²) >= 11 is 0. The summed E-state index contributed by atoms with van der Waals surface area (Å²) in [6, 6.07) is 18.7. The van der Waals surface area contributed by atoms with Gasteiger partial charge in [0, 0.05) is 12.6 Å². The number of rotatable bonds is 9. The van der Waals surface area contributed by atoms with Crippen LogP contribution in [0.15, 0.2) is 60.7 Å². The molecule has 2 aromatic carbocycles. The van der Waals surface area contributed by atoms with Gasteiger partial charge in [0.1, 0.15) is 17.8 Å². The third kappa shape index (κ3) is 7.12. The highest BCUT2D eigenvalue weighted by Crippen LogP contribution is 2.37. The highest BCUT2D eigenvalue weighted by molar-refractivity contribution is 5.76. The quantitative estimate of drug-likeness (QED) is 0.522. The molecule has 5 atom stereocenters. The van der Waals surface area contributed by atoms with Gasteiger partial charge >= 0.3 is 5.97 Å². The molecule has 7 nitrogen and oxygen atoms in total. The highest BCUT2D eigenvalue weighted by atomic mass is 16.8. The van der Waals surface area contributed by atoms with Crippen molar-refractivity contribution < 1.29 is 29.2 Å². The molecule has 7 heteroatoms. The van der Waals surface area contributed by atoms with Gasteiger partial charge in [-0.1, -0.05) is 60.7 Å². The van der Waals surface area contributed by atoms with Crippen LogP contribution in [0.25, 0.3) is 0 Å². The maximum atomic E-state index is 13.2. The summed E-state index contributed by atoms with van der Waals surface area (Å²) in [6.07, 6.45) is -3.05. The second-order valence-corrected chi connectivity index (χ2v) is 10.5. The molecule has 2 aromatic rings. The van der Waals surface area contributed by atoms with Crippen molar-refractivity contribution in [2.45, 2.75) is 89.9 Å². The van der Waals surface area contributed by atoms with Crippen molar-refractivity contribution in [2.75, 3.05) is 6.61 Å². The number of carbonyl (C=O) groups is 1. The number of hydrogen-bond donors (Lipinski definition) is 2. The van der Waals surface area contributed by atoms with Gasteiger partial charge in [0.05, 0.1) is 12.6 Å². The van der Waals surface area contributed by atoms with E-state index in [-0.39, 0.29) is 12.6 Å². The molecule has 0 saturated carbocycles. The first-order chi connectivity index (χ1) is 16.4. The molecule has 0 aliphatic carbocycles. The summed E-state index contributed by atoms with van der Waals surface area (Å²) in [4.78, 5) is 15.2. The first-order valence-corrected chi connectivity index (χ1v) is 12.1. The molecule has 1 saturated heterocycles. The third-order valence-electron chi connectivity index (χ3n) is 6.08. The van der Waals surface area contributed by atoms with Gasteiger partial charge in [-0.25, -0.2) is 4.79 Å². The van der Waals surface area contributed by atoms with Crippen LogP contribution in [0.3, 0.4) is 0 Å². The van der Waals surface area contributed by atoms with E-state index in [0.717, 1.165) is 11.1 Å². The molecule has 1 aliphatic heterocycles. The normalized spacial score (nSPS) is 22.5. The molecule has 0 radical (unpaired) electrons.